The first-order valence-electron chi connectivity index (χ1n) is 8.48. The summed E-state index contributed by atoms with van der Waals surface area (Å²) in [4.78, 5) is 26.2. The van der Waals surface area contributed by atoms with Crippen LogP contribution in [0.3, 0.4) is 0 Å². The second-order valence-corrected chi connectivity index (χ2v) is 5.99. The summed E-state index contributed by atoms with van der Waals surface area (Å²) in [6, 6.07) is 13.8. The van der Waals surface area contributed by atoms with Crippen molar-refractivity contribution in [3.05, 3.63) is 59.7 Å². The van der Waals surface area contributed by atoms with Gasteiger partial charge in [-0.3, -0.25) is 15.0 Å². The number of benzene rings is 2. The predicted octanol–water partition coefficient (Wildman–Crippen LogP) is 2.33. The Labute approximate surface area is 159 Å². The van der Waals surface area contributed by atoms with Gasteiger partial charge in [-0.1, -0.05) is 36.4 Å². The number of methoxy groups -OCH3 is 2. The number of carbonyl (C=O) groups is 2. The van der Waals surface area contributed by atoms with E-state index in [0.717, 1.165) is 11.1 Å². The topological polar surface area (TPSA) is 79.9 Å². The molecule has 2 aromatic rings. The number of ether oxygens (including phenoxy) is 2. The monoisotopic (exact) mass is 371 g/mol. The van der Waals surface area contributed by atoms with E-state index in [0.29, 0.717) is 18.0 Å². The highest BCUT2D eigenvalue weighted by atomic mass is 16.5. The molecule has 1 atom stereocenters. The number of hydrogen-bond donors (Lipinski definition) is 2. The smallest absolute Gasteiger partial charge is 0.321 e. The van der Waals surface area contributed by atoms with Gasteiger partial charge in [0.1, 0.15) is 6.04 Å². The van der Waals surface area contributed by atoms with E-state index < -0.39 is 18.0 Å². The number of nitrogens with one attached hydrogen (secondary N) is 2. The summed E-state index contributed by atoms with van der Waals surface area (Å²) < 4.78 is 10.6. The largest absolute Gasteiger partial charge is 0.493 e. The summed E-state index contributed by atoms with van der Waals surface area (Å²) >= 11 is 0. The molecule has 0 saturated heterocycles. The van der Waals surface area contributed by atoms with Crippen LogP contribution in [-0.2, 0) is 11.3 Å². The van der Waals surface area contributed by atoms with E-state index in [9.17, 15) is 9.59 Å². The SMILES string of the molecule is CNC(=O)NC(=O)[C@H](c1ccccc1)N(C)Cc1ccc(OC)c(OC)c1. The second-order valence-electron chi connectivity index (χ2n) is 5.99. The molecule has 0 heterocycles. The van der Waals surface area contributed by atoms with Gasteiger partial charge in [0.15, 0.2) is 11.5 Å². The van der Waals surface area contributed by atoms with E-state index in [1.165, 1.54) is 7.05 Å². The molecule has 0 unspecified atom stereocenters. The minimum Gasteiger partial charge on any atom is -0.493 e. The van der Waals surface area contributed by atoms with Crippen molar-refractivity contribution in [2.45, 2.75) is 12.6 Å². The Balaban J connectivity index is 2.27. The van der Waals surface area contributed by atoms with Crippen LogP contribution in [0.25, 0.3) is 0 Å². The lowest BCUT2D eigenvalue weighted by atomic mass is 10.0. The average molecular weight is 371 g/mol. The molecule has 0 aliphatic carbocycles. The number of amides is 3. The molecule has 0 saturated carbocycles. The second kappa shape index (κ2) is 9.59. The molecule has 27 heavy (non-hydrogen) atoms. The van der Waals surface area contributed by atoms with Gasteiger partial charge in [-0.15, -0.1) is 0 Å². The molecule has 0 radical (unpaired) electrons. The van der Waals surface area contributed by atoms with Crippen molar-refractivity contribution in [1.82, 2.24) is 15.5 Å². The standard InChI is InChI=1S/C20H25N3O4/c1-21-20(25)22-19(24)18(15-8-6-5-7-9-15)23(2)13-14-10-11-16(26-3)17(12-14)27-4/h5-12,18H,13H2,1-4H3,(H2,21,22,24,25)/t18-/m0/s1. The summed E-state index contributed by atoms with van der Waals surface area (Å²) in [7, 11) is 6.46. The minimum absolute atomic E-state index is 0.400. The quantitative estimate of drug-likeness (QED) is 0.781. The van der Waals surface area contributed by atoms with Crippen molar-refractivity contribution in [2.24, 2.45) is 0 Å². The van der Waals surface area contributed by atoms with Gasteiger partial charge in [-0.25, -0.2) is 4.79 Å². The molecule has 0 aromatic heterocycles. The van der Waals surface area contributed by atoms with Crippen LogP contribution in [-0.4, -0.2) is 45.2 Å². The maximum absolute atomic E-state index is 12.7. The van der Waals surface area contributed by atoms with E-state index in [2.05, 4.69) is 10.6 Å². The first-order chi connectivity index (χ1) is 13.0. The fraction of sp³-hybridized carbons (Fsp3) is 0.300. The lowest BCUT2D eigenvalue weighted by molar-refractivity contribution is -0.125. The molecule has 0 fully saturated rings. The van der Waals surface area contributed by atoms with Crippen molar-refractivity contribution < 1.29 is 19.1 Å². The van der Waals surface area contributed by atoms with Crippen LogP contribution < -0.4 is 20.1 Å². The number of rotatable bonds is 7. The van der Waals surface area contributed by atoms with Gasteiger partial charge in [-0.2, -0.15) is 0 Å². The van der Waals surface area contributed by atoms with Crippen LogP contribution in [0.2, 0.25) is 0 Å². The van der Waals surface area contributed by atoms with Crippen molar-refractivity contribution in [1.29, 1.82) is 0 Å². The highest BCUT2D eigenvalue weighted by Gasteiger charge is 2.26. The zero-order chi connectivity index (χ0) is 19.8. The Bertz CT molecular complexity index is 780. The Morgan fingerprint density at radius 3 is 2.30 bits per heavy atom. The molecular formula is C20H25N3O4. The number of imide groups is 1. The Morgan fingerprint density at radius 1 is 1.04 bits per heavy atom. The van der Waals surface area contributed by atoms with Crippen LogP contribution in [0.4, 0.5) is 4.79 Å². The number of carbonyl (C=O) groups excluding carboxylic acids is 2. The van der Waals surface area contributed by atoms with Crippen molar-refractivity contribution in [3.63, 3.8) is 0 Å². The normalized spacial score (nSPS) is 11.6. The molecule has 0 bridgehead atoms. The first kappa shape index (κ1) is 20.3. The summed E-state index contributed by atoms with van der Waals surface area (Å²) in [6.45, 7) is 0.473. The molecule has 7 nitrogen and oxygen atoms in total. The van der Waals surface area contributed by atoms with Gasteiger partial charge in [0, 0.05) is 13.6 Å². The molecule has 2 rings (SSSR count). The van der Waals surface area contributed by atoms with E-state index in [-0.39, 0.29) is 0 Å². The van der Waals surface area contributed by atoms with E-state index >= 15 is 0 Å². The number of nitrogens with zero attached hydrogens (tertiary/aromatic N) is 1. The van der Waals surface area contributed by atoms with E-state index in [1.54, 1.807) is 14.2 Å². The van der Waals surface area contributed by atoms with Crippen molar-refractivity contribution in [3.8, 4) is 11.5 Å². The number of likely N-dealkylation sites (N-methyl/N-ethyl adjacent to an activating group) is 1. The molecule has 0 aliphatic rings. The van der Waals surface area contributed by atoms with Crippen LogP contribution >= 0.6 is 0 Å². The molecule has 2 aromatic carbocycles. The lowest BCUT2D eigenvalue weighted by Gasteiger charge is -2.27. The summed E-state index contributed by atoms with van der Waals surface area (Å²) in [5.74, 6) is 0.860. The zero-order valence-electron chi connectivity index (χ0n) is 16.0. The van der Waals surface area contributed by atoms with Gasteiger partial charge in [0.05, 0.1) is 14.2 Å². The molecule has 2 N–H and O–H groups in total. The third-order valence-corrected chi connectivity index (χ3v) is 4.15. The van der Waals surface area contributed by atoms with Gasteiger partial charge in [-0.05, 0) is 30.3 Å². The lowest BCUT2D eigenvalue weighted by Crippen LogP contribution is -2.44. The summed E-state index contributed by atoms with van der Waals surface area (Å²) in [5, 5.41) is 4.76. The van der Waals surface area contributed by atoms with Gasteiger partial charge in [0.2, 0.25) is 5.91 Å². The average Bonchev–Trinajstić information content (AvgIpc) is 2.68. The van der Waals surface area contributed by atoms with Crippen LogP contribution in [0.15, 0.2) is 48.5 Å². The van der Waals surface area contributed by atoms with Gasteiger partial charge >= 0.3 is 6.03 Å². The molecule has 7 heteroatoms. The summed E-state index contributed by atoms with van der Waals surface area (Å²) in [6.07, 6.45) is 0. The van der Waals surface area contributed by atoms with E-state index in [1.807, 2.05) is 60.5 Å². The molecule has 0 spiro atoms. The van der Waals surface area contributed by atoms with Crippen LogP contribution in [0.5, 0.6) is 11.5 Å². The Morgan fingerprint density at radius 2 is 1.70 bits per heavy atom. The van der Waals surface area contributed by atoms with E-state index in [4.69, 9.17) is 9.47 Å². The highest BCUT2D eigenvalue weighted by molar-refractivity contribution is 5.97. The highest BCUT2D eigenvalue weighted by Crippen LogP contribution is 2.29. The number of hydrogen-bond acceptors (Lipinski definition) is 5. The summed E-state index contributed by atoms with van der Waals surface area (Å²) in [5.41, 5.74) is 1.74. The third-order valence-electron chi connectivity index (χ3n) is 4.15. The first-order valence-corrected chi connectivity index (χ1v) is 8.48. The van der Waals surface area contributed by atoms with Gasteiger partial charge in [0.25, 0.3) is 0 Å². The molecule has 0 aliphatic heterocycles. The number of urea groups is 1. The maximum Gasteiger partial charge on any atom is 0.321 e. The fourth-order valence-corrected chi connectivity index (χ4v) is 2.84. The third kappa shape index (κ3) is 5.21. The minimum atomic E-state index is -0.628. The Kier molecular flexibility index (Phi) is 7.19. The fourth-order valence-electron chi connectivity index (χ4n) is 2.84. The molecule has 3 amide bonds. The predicted molar refractivity (Wildman–Crippen MR) is 103 cm³/mol. The zero-order valence-corrected chi connectivity index (χ0v) is 16.0. The maximum atomic E-state index is 12.7. The van der Waals surface area contributed by atoms with Gasteiger partial charge < -0.3 is 14.8 Å². The molecule has 144 valence electrons. The van der Waals surface area contributed by atoms with Crippen molar-refractivity contribution >= 4 is 11.9 Å². The van der Waals surface area contributed by atoms with Crippen molar-refractivity contribution in [2.75, 3.05) is 28.3 Å². The Hall–Kier alpha value is -3.06. The molecular weight excluding hydrogens is 346 g/mol. The van der Waals surface area contributed by atoms with Crippen LogP contribution in [0, 0.1) is 0 Å². The van der Waals surface area contributed by atoms with Crippen LogP contribution in [0.1, 0.15) is 17.2 Å².